The normalized spacial score (nSPS) is 14.1. The highest BCUT2D eigenvalue weighted by Gasteiger charge is 2.48. The molecular weight excluding hydrogens is 300 g/mol. The van der Waals surface area contributed by atoms with Gasteiger partial charge in [-0.3, -0.25) is 4.79 Å². The van der Waals surface area contributed by atoms with Crippen molar-refractivity contribution in [3.05, 3.63) is 29.6 Å². The molecular formula is C12H12F4O3S. The van der Waals surface area contributed by atoms with E-state index in [1.54, 1.807) is 0 Å². The Morgan fingerprint density at radius 3 is 2.25 bits per heavy atom. The molecule has 0 aliphatic rings. The minimum atomic E-state index is -5.71. The number of hydrogen-bond donors (Lipinski definition) is 0. The van der Waals surface area contributed by atoms with Crippen LogP contribution in [0.25, 0.3) is 0 Å². The summed E-state index contributed by atoms with van der Waals surface area (Å²) < 4.78 is 73.9. The van der Waals surface area contributed by atoms with Crippen LogP contribution in [0.4, 0.5) is 17.6 Å². The van der Waals surface area contributed by atoms with Gasteiger partial charge in [0.25, 0.3) is 9.84 Å². The van der Waals surface area contributed by atoms with Crippen LogP contribution in [0.1, 0.15) is 31.7 Å². The summed E-state index contributed by atoms with van der Waals surface area (Å²) in [5.74, 6) is -2.63. The predicted molar refractivity (Wildman–Crippen MR) is 63.4 cm³/mol. The van der Waals surface area contributed by atoms with Crippen molar-refractivity contribution < 1.29 is 30.8 Å². The lowest BCUT2D eigenvalue weighted by Crippen LogP contribution is -2.26. The van der Waals surface area contributed by atoms with E-state index in [9.17, 15) is 30.8 Å². The molecule has 1 unspecified atom stereocenters. The SMILES string of the molecule is CCC(C(C)=O)c1ccc(F)cc1S(=O)(=O)C(F)(F)F. The van der Waals surface area contributed by atoms with E-state index in [4.69, 9.17) is 0 Å². The third-order valence-electron chi connectivity index (χ3n) is 2.84. The molecule has 8 heteroatoms. The third kappa shape index (κ3) is 3.00. The lowest BCUT2D eigenvalue weighted by molar-refractivity contribution is -0.118. The van der Waals surface area contributed by atoms with Gasteiger partial charge in [-0.15, -0.1) is 0 Å². The topological polar surface area (TPSA) is 51.2 Å². The summed E-state index contributed by atoms with van der Waals surface area (Å²) in [5.41, 5.74) is -5.89. The summed E-state index contributed by atoms with van der Waals surface area (Å²) in [6, 6.07) is 2.03. The maximum Gasteiger partial charge on any atom is 0.501 e. The van der Waals surface area contributed by atoms with Gasteiger partial charge in [-0.2, -0.15) is 13.2 Å². The Bertz CT molecular complexity index is 620. The smallest absolute Gasteiger partial charge is 0.299 e. The number of Topliss-reactive ketones (excluding diaryl/α,β-unsaturated/α-hetero) is 1. The molecule has 112 valence electrons. The molecule has 0 aliphatic carbocycles. The minimum Gasteiger partial charge on any atom is -0.299 e. The van der Waals surface area contributed by atoms with E-state index in [1.807, 2.05) is 0 Å². The molecule has 0 bridgehead atoms. The number of halogens is 4. The molecule has 0 amide bonds. The molecule has 0 fully saturated rings. The molecule has 0 saturated carbocycles. The quantitative estimate of drug-likeness (QED) is 0.802. The third-order valence-corrected chi connectivity index (χ3v) is 4.39. The van der Waals surface area contributed by atoms with Crippen molar-refractivity contribution in [3.63, 3.8) is 0 Å². The van der Waals surface area contributed by atoms with Crippen molar-refractivity contribution in [2.24, 2.45) is 0 Å². The van der Waals surface area contributed by atoms with Crippen molar-refractivity contribution in [2.75, 3.05) is 0 Å². The number of sulfone groups is 1. The molecule has 1 aromatic rings. The number of carbonyl (C=O) groups excluding carboxylic acids is 1. The first-order valence-corrected chi connectivity index (χ1v) is 7.12. The Labute approximate surface area is 113 Å². The second-order valence-corrected chi connectivity index (χ2v) is 6.11. The maximum atomic E-state index is 13.1. The van der Waals surface area contributed by atoms with E-state index in [0.29, 0.717) is 6.07 Å². The van der Waals surface area contributed by atoms with Gasteiger partial charge in [0.05, 0.1) is 4.90 Å². The van der Waals surface area contributed by atoms with E-state index >= 15 is 0 Å². The van der Waals surface area contributed by atoms with Crippen LogP contribution in [-0.4, -0.2) is 19.7 Å². The van der Waals surface area contributed by atoms with E-state index in [0.717, 1.165) is 19.1 Å². The van der Waals surface area contributed by atoms with Gasteiger partial charge in [-0.05, 0) is 31.0 Å². The molecule has 1 rings (SSSR count). The number of hydrogen-bond acceptors (Lipinski definition) is 3. The first-order chi connectivity index (χ1) is 9.02. The van der Waals surface area contributed by atoms with Crippen LogP contribution in [0.3, 0.4) is 0 Å². The molecule has 0 radical (unpaired) electrons. The van der Waals surface area contributed by atoms with Crippen molar-refractivity contribution in [1.82, 2.24) is 0 Å². The standard InChI is InChI=1S/C12H12F4O3S/c1-3-9(7(2)17)10-5-4-8(13)6-11(10)20(18,19)12(14,15)16/h4-6,9H,3H2,1-2H3. The van der Waals surface area contributed by atoms with E-state index in [2.05, 4.69) is 0 Å². The van der Waals surface area contributed by atoms with E-state index < -0.39 is 37.8 Å². The first kappa shape index (κ1) is 16.6. The highest BCUT2D eigenvalue weighted by Crippen LogP contribution is 2.36. The van der Waals surface area contributed by atoms with Crippen molar-refractivity contribution in [1.29, 1.82) is 0 Å². The summed E-state index contributed by atoms with van der Waals surface area (Å²) >= 11 is 0. The molecule has 20 heavy (non-hydrogen) atoms. The van der Waals surface area contributed by atoms with Crippen molar-refractivity contribution >= 4 is 15.6 Å². The van der Waals surface area contributed by atoms with Crippen LogP contribution in [0.2, 0.25) is 0 Å². The molecule has 0 aliphatic heterocycles. The van der Waals surface area contributed by atoms with Crippen LogP contribution in [0.5, 0.6) is 0 Å². The Morgan fingerprint density at radius 1 is 1.30 bits per heavy atom. The Morgan fingerprint density at radius 2 is 1.85 bits per heavy atom. The Balaban J connectivity index is 3.63. The zero-order chi connectivity index (χ0) is 15.7. The average molecular weight is 312 g/mol. The largest absolute Gasteiger partial charge is 0.501 e. The van der Waals surface area contributed by atoms with Crippen LogP contribution in [0.15, 0.2) is 23.1 Å². The van der Waals surface area contributed by atoms with Crippen LogP contribution in [0, 0.1) is 5.82 Å². The van der Waals surface area contributed by atoms with Gasteiger partial charge in [0.1, 0.15) is 11.6 Å². The van der Waals surface area contributed by atoms with Gasteiger partial charge in [0, 0.05) is 5.92 Å². The van der Waals surface area contributed by atoms with Crippen LogP contribution < -0.4 is 0 Å². The van der Waals surface area contributed by atoms with Crippen molar-refractivity contribution in [2.45, 2.75) is 36.6 Å². The minimum absolute atomic E-state index is 0.112. The second-order valence-electron chi connectivity index (χ2n) is 4.20. The van der Waals surface area contributed by atoms with Crippen molar-refractivity contribution in [3.8, 4) is 0 Å². The Hall–Kier alpha value is -1.44. The summed E-state index contributed by atoms with van der Waals surface area (Å²) in [4.78, 5) is 10.2. The summed E-state index contributed by atoms with van der Waals surface area (Å²) in [6.45, 7) is 2.67. The highest BCUT2D eigenvalue weighted by molar-refractivity contribution is 7.92. The average Bonchev–Trinajstić information content (AvgIpc) is 2.29. The molecule has 0 saturated heterocycles. The monoisotopic (exact) mass is 312 g/mol. The lowest BCUT2D eigenvalue weighted by Gasteiger charge is -2.17. The van der Waals surface area contributed by atoms with Gasteiger partial charge in [0.2, 0.25) is 0 Å². The predicted octanol–water partition coefficient (Wildman–Crippen LogP) is 3.20. The van der Waals surface area contributed by atoms with Gasteiger partial charge < -0.3 is 0 Å². The number of benzene rings is 1. The fourth-order valence-corrected chi connectivity index (χ4v) is 2.92. The summed E-state index contributed by atoms with van der Waals surface area (Å²) in [5, 5.41) is 0. The van der Waals surface area contributed by atoms with Gasteiger partial charge in [-0.1, -0.05) is 13.0 Å². The zero-order valence-electron chi connectivity index (χ0n) is 10.7. The van der Waals surface area contributed by atoms with Gasteiger partial charge in [0.15, 0.2) is 0 Å². The highest BCUT2D eigenvalue weighted by atomic mass is 32.2. The number of carbonyl (C=O) groups is 1. The maximum absolute atomic E-state index is 13.1. The van der Waals surface area contributed by atoms with E-state index in [1.165, 1.54) is 6.92 Å². The number of alkyl halides is 3. The zero-order valence-corrected chi connectivity index (χ0v) is 11.5. The molecule has 0 heterocycles. The fraction of sp³-hybridized carbons (Fsp3) is 0.417. The first-order valence-electron chi connectivity index (χ1n) is 5.63. The molecule has 1 atom stereocenters. The van der Waals surface area contributed by atoms with Gasteiger partial charge >= 0.3 is 5.51 Å². The number of rotatable bonds is 4. The molecule has 1 aromatic carbocycles. The second kappa shape index (κ2) is 5.51. The summed E-state index contributed by atoms with van der Waals surface area (Å²) in [6.07, 6.45) is 0.112. The lowest BCUT2D eigenvalue weighted by atomic mass is 9.93. The Kier molecular flexibility index (Phi) is 4.58. The number of ketones is 1. The van der Waals surface area contributed by atoms with Crippen LogP contribution >= 0.6 is 0 Å². The molecule has 0 N–H and O–H groups in total. The van der Waals surface area contributed by atoms with Gasteiger partial charge in [-0.25, -0.2) is 12.8 Å². The van der Waals surface area contributed by atoms with Crippen LogP contribution in [-0.2, 0) is 14.6 Å². The molecule has 0 spiro atoms. The molecule has 0 aromatic heterocycles. The fourth-order valence-electron chi connectivity index (χ4n) is 1.88. The summed E-state index contributed by atoms with van der Waals surface area (Å²) in [7, 11) is -5.71. The van der Waals surface area contributed by atoms with E-state index in [-0.39, 0.29) is 12.0 Å². The molecule has 3 nitrogen and oxygen atoms in total.